The van der Waals surface area contributed by atoms with Crippen LogP contribution < -0.4 is 10.1 Å². The lowest BCUT2D eigenvalue weighted by Gasteiger charge is -2.33. The van der Waals surface area contributed by atoms with Crippen molar-refractivity contribution in [2.24, 2.45) is 0 Å². The summed E-state index contributed by atoms with van der Waals surface area (Å²) in [5, 5.41) is 11.2. The number of nitrogens with one attached hydrogen (secondary N) is 1. The van der Waals surface area contributed by atoms with Crippen LogP contribution in [0.3, 0.4) is 0 Å². The first-order chi connectivity index (χ1) is 16.6. The zero-order chi connectivity index (χ0) is 24.7. The van der Waals surface area contributed by atoms with E-state index < -0.39 is 30.6 Å². The average Bonchev–Trinajstić information content (AvgIpc) is 3.26. The van der Waals surface area contributed by atoms with Gasteiger partial charge in [0, 0.05) is 10.9 Å². The van der Waals surface area contributed by atoms with Gasteiger partial charge in [-0.05, 0) is 43.9 Å². The van der Waals surface area contributed by atoms with Gasteiger partial charge < -0.3 is 19.2 Å². The van der Waals surface area contributed by atoms with Gasteiger partial charge >= 0.3 is 6.36 Å². The van der Waals surface area contributed by atoms with E-state index in [2.05, 4.69) is 20.3 Å². The number of benzene rings is 1. The Morgan fingerprint density at radius 3 is 2.66 bits per heavy atom. The molecule has 2 aliphatic heterocycles. The van der Waals surface area contributed by atoms with Crippen LogP contribution in [0.1, 0.15) is 66.3 Å². The fraction of sp³-hybridized carbons (Fsp3) is 0.545. The van der Waals surface area contributed by atoms with Gasteiger partial charge in [0.25, 0.3) is 5.91 Å². The van der Waals surface area contributed by atoms with E-state index in [4.69, 9.17) is 25.5 Å². The Kier molecular flexibility index (Phi) is 6.45. The Morgan fingerprint density at radius 2 is 1.94 bits per heavy atom. The minimum absolute atomic E-state index is 0.0871. The van der Waals surface area contributed by atoms with Gasteiger partial charge in [-0.25, -0.2) is 0 Å². The van der Waals surface area contributed by atoms with Crippen molar-refractivity contribution in [3.63, 3.8) is 0 Å². The summed E-state index contributed by atoms with van der Waals surface area (Å²) in [7, 11) is 0. The van der Waals surface area contributed by atoms with Crippen molar-refractivity contribution in [1.29, 1.82) is 0 Å². The first-order valence-corrected chi connectivity index (χ1v) is 11.5. The zero-order valence-electron chi connectivity index (χ0n) is 18.2. The average molecular weight is 516 g/mol. The van der Waals surface area contributed by atoms with Gasteiger partial charge in [0.2, 0.25) is 11.8 Å². The molecule has 2 aromatic rings. The monoisotopic (exact) mass is 515 g/mol. The quantitative estimate of drug-likeness (QED) is 0.638. The molecule has 1 N–H and O–H groups in total. The lowest BCUT2D eigenvalue weighted by atomic mass is 9.82. The number of Topliss-reactive ketones (excluding diaryl/α,β-unsaturated/α-hetero) is 1. The number of rotatable bonds is 5. The molecular formula is C22H21ClF3N3O6. The molecule has 188 valence electrons. The molecule has 0 radical (unpaired) electrons. The van der Waals surface area contributed by atoms with Crippen LogP contribution in [0.5, 0.6) is 5.75 Å². The molecule has 3 aliphatic rings. The smallest absolute Gasteiger partial charge is 0.479 e. The number of halogens is 4. The fourth-order valence-corrected chi connectivity index (χ4v) is 4.56. The topological polar surface area (TPSA) is 113 Å². The van der Waals surface area contributed by atoms with Crippen molar-refractivity contribution in [2.45, 2.75) is 68.7 Å². The van der Waals surface area contributed by atoms with E-state index in [9.17, 15) is 22.8 Å². The molecule has 1 saturated heterocycles. The minimum atomic E-state index is -4.66. The minimum Gasteiger partial charge on any atom is -0.479 e. The molecule has 1 aromatic heterocycles. The summed E-state index contributed by atoms with van der Waals surface area (Å²) in [6.07, 6.45) is -5.70. The molecule has 0 unspecified atom stereocenters. The number of hydrogen-bond acceptors (Lipinski definition) is 8. The number of hydrogen-bond donors (Lipinski definition) is 1. The number of nitrogens with zero attached hydrogens (tertiary/aromatic N) is 2. The first-order valence-electron chi connectivity index (χ1n) is 11.1. The lowest BCUT2D eigenvalue weighted by Crippen LogP contribution is -2.48. The van der Waals surface area contributed by atoms with Gasteiger partial charge in [-0.2, -0.15) is 0 Å². The van der Waals surface area contributed by atoms with E-state index in [0.29, 0.717) is 29.2 Å². The van der Waals surface area contributed by atoms with E-state index in [1.54, 1.807) is 12.1 Å². The predicted octanol–water partition coefficient (Wildman–Crippen LogP) is 3.88. The molecule has 0 bridgehead atoms. The van der Waals surface area contributed by atoms with Crippen LogP contribution in [0.2, 0.25) is 5.02 Å². The highest BCUT2D eigenvalue weighted by Gasteiger charge is 2.43. The molecule has 13 heteroatoms. The van der Waals surface area contributed by atoms with Crippen molar-refractivity contribution in [1.82, 2.24) is 15.5 Å². The van der Waals surface area contributed by atoms with Gasteiger partial charge in [0.05, 0.1) is 30.7 Å². The van der Waals surface area contributed by atoms with Gasteiger partial charge in [-0.3, -0.25) is 14.3 Å². The standard InChI is InChI=1S/C22H21ClF3N3O6/c23-11-1-3-16-14(7-11)15(30)8-18(33-16)19(31)27-12-2-4-17(32-9-12)21-29-28-20(34-21)10-5-13(6-10)35-22(24,25)26/h1,3,7,10,12-13,17-18H,2,4-6,8-9H2,(H,27,31)/t10-,12-,13+,17+,18+/m1/s1. The third kappa shape index (κ3) is 5.44. The number of ether oxygens (including phenoxy) is 3. The molecule has 35 heavy (non-hydrogen) atoms. The number of aromatic nitrogens is 2. The van der Waals surface area contributed by atoms with Gasteiger partial charge in [0.1, 0.15) is 11.9 Å². The number of amides is 1. The number of carbonyl (C=O) groups is 2. The van der Waals surface area contributed by atoms with E-state index in [-0.39, 0.29) is 55.4 Å². The predicted molar refractivity (Wildman–Crippen MR) is 112 cm³/mol. The van der Waals surface area contributed by atoms with Crippen molar-refractivity contribution < 1.29 is 41.4 Å². The summed E-state index contributed by atoms with van der Waals surface area (Å²) in [5.41, 5.74) is 0.356. The van der Waals surface area contributed by atoms with Gasteiger partial charge in [-0.15, -0.1) is 23.4 Å². The van der Waals surface area contributed by atoms with Crippen LogP contribution in [0.25, 0.3) is 0 Å². The van der Waals surface area contributed by atoms with E-state index in [1.165, 1.54) is 6.07 Å². The number of alkyl halides is 3. The lowest BCUT2D eigenvalue weighted by molar-refractivity contribution is -0.352. The fourth-order valence-electron chi connectivity index (χ4n) is 4.39. The maximum Gasteiger partial charge on any atom is 0.522 e. The summed E-state index contributed by atoms with van der Waals surface area (Å²) in [6.45, 7) is 0.186. The third-order valence-corrected chi connectivity index (χ3v) is 6.51. The van der Waals surface area contributed by atoms with Crippen molar-refractivity contribution in [2.75, 3.05) is 6.61 Å². The highest BCUT2D eigenvalue weighted by Crippen LogP contribution is 2.41. The van der Waals surface area contributed by atoms with Gasteiger partial charge in [0.15, 0.2) is 11.9 Å². The molecule has 3 atom stereocenters. The molecule has 0 spiro atoms. The summed E-state index contributed by atoms with van der Waals surface area (Å²) >= 11 is 5.92. The third-order valence-electron chi connectivity index (χ3n) is 6.27. The van der Waals surface area contributed by atoms with Crippen LogP contribution in [-0.2, 0) is 14.3 Å². The van der Waals surface area contributed by atoms with Crippen LogP contribution in [0, 0.1) is 0 Å². The molecule has 2 fully saturated rings. The van der Waals surface area contributed by atoms with Crippen LogP contribution in [-0.4, -0.2) is 53.1 Å². The molecule has 9 nitrogen and oxygen atoms in total. The molecule has 1 amide bonds. The van der Waals surface area contributed by atoms with Crippen molar-refractivity contribution in [3.05, 3.63) is 40.6 Å². The molecule has 1 saturated carbocycles. The molecular weight excluding hydrogens is 495 g/mol. The Bertz CT molecular complexity index is 1110. The zero-order valence-corrected chi connectivity index (χ0v) is 19.0. The number of carbonyl (C=O) groups excluding carboxylic acids is 2. The molecule has 1 aliphatic carbocycles. The highest BCUT2D eigenvalue weighted by atomic mass is 35.5. The maximum absolute atomic E-state index is 12.7. The maximum atomic E-state index is 12.7. The van der Waals surface area contributed by atoms with Crippen LogP contribution >= 0.6 is 11.6 Å². The Labute approximate surface area is 202 Å². The van der Waals surface area contributed by atoms with Crippen molar-refractivity contribution >= 4 is 23.3 Å². The summed E-state index contributed by atoms with van der Waals surface area (Å²) in [4.78, 5) is 25.1. The van der Waals surface area contributed by atoms with Gasteiger partial charge in [-0.1, -0.05) is 11.6 Å². The summed E-state index contributed by atoms with van der Waals surface area (Å²) in [5.74, 6) is -0.0713. The second-order valence-corrected chi connectivity index (χ2v) is 9.25. The largest absolute Gasteiger partial charge is 0.522 e. The second kappa shape index (κ2) is 9.40. The Hall–Kier alpha value is -2.70. The molecule has 3 heterocycles. The summed E-state index contributed by atoms with van der Waals surface area (Å²) < 4.78 is 57.9. The Balaban J connectivity index is 1.09. The van der Waals surface area contributed by atoms with E-state index >= 15 is 0 Å². The Morgan fingerprint density at radius 1 is 1.17 bits per heavy atom. The van der Waals surface area contributed by atoms with E-state index in [0.717, 1.165) is 0 Å². The van der Waals surface area contributed by atoms with Crippen LogP contribution in [0.4, 0.5) is 13.2 Å². The first kappa shape index (κ1) is 24.0. The SMILES string of the molecule is O=C1C[C@@H](C(=O)N[C@@H]2CC[C@@H](c3nnc([C@H]4C[C@@H](OC(F)(F)F)C4)o3)OC2)Oc2ccc(Cl)cc21. The molecule has 1 aromatic carbocycles. The van der Waals surface area contributed by atoms with Crippen molar-refractivity contribution in [3.8, 4) is 5.75 Å². The number of ketones is 1. The molecule has 5 rings (SSSR count). The number of fused-ring (bicyclic) bond motifs is 1. The summed E-state index contributed by atoms with van der Waals surface area (Å²) in [6, 6.07) is 4.38. The second-order valence-electron chi connectivity index (χ2n) is 8.81. The normalized spacial score (nSPS) is 28.6. The van der Waals surface area contributed by atoms with E-state index in [1.807, 2.05) is 0 Å². The highest BCUT2D eigenvalue weighted by molar-refractivity contribution is 6.31. The van der Waals surface area contributed by atoms with Crippen LogP contribution in [0.15, 0.2) is 22.6 Å².